The van der Waals surface area contributed by atoms with Gasteiger partial charge >= 0.3 is 5.97 Å². The minimum Gasteiger partial charge on any atom is -0.478 e. The van der Waals surface area contributed by atoms with E-state index in [4.69, 9.17) is 0 Å². The number of carbonyl (C=O) groups is 1. The van der Waals surface area contributed by atoms with Crippen LogP contribution in [0, 0.1) is 0 Å². The highest BCUT2D eigenvalue weighted by Crippen LogP contribution is 2.24. The van der Waals surface area contributed by atoms with E-state index in [-0.39, 0.29) is 22.0 Å². The van der Waals surface area contributed by atoms with E-state index in [0.717, 1.165) is 5.56 Å². The monoisotopic (exact) mass is 411 g/mol. The van der Waals surface area contributed by atoms with Crippen molar-refractivity contribution in [2.24, 2.45) is 0 Å². The van der Waals surface area contributed by atoms with Crippen LogP contribution in [0.1, 0.15) is 22.8 Å². The predicted octanol–water partition coefficient (Wildman–Crippen LogP) is 3.61. The van der Waals surface area contributed by atoms with E-state index in [1.165, 1.54) is 24.4 Å². The van der Waals surface area contributed by atoms with Gasteiger partial charge in [0, 0.05) is 13.1 Å². The lowest BCUT2D eigenvalue weighted by molar-refractivity contribution is 0.0697. The summed E-state index contributed by atoms with van der Waals surface area (Å²) in [4.78, 5) is 18.0. The molecule has 2 aromatic carbocycles. The van der Waals surface area contributed by atoms with Gasteiger partial charge in [-0.25, -0.2) is 18.2 Å². The number of nitrogens with one attached hydrogen (secondary N) is 1. The van der Waals surface area contributed by atoms with Crippen LogP contribution in [0.25, 0.3) is 0 Å². The fraction of sp³-hybridized carbons (Fsp3) is 0.143. The lowest BCUT2D eigenvalue weighted by atomic mass is 10.2. The number of aromatic nitrogens is 1. The molecule has 3 rings (SSSR count). The molecule has 0 atom stereocenters. The average Bonchev–Trinajstić information content (AvgIpc) is 2.73. The second-order valence-corrected chi connectivity index (χ2v) is 8.00. The lowest BCUT2D eigenvalue weighted by Crippen LogP contribution is -2.25. The minimum atomic E-state index is -3.84. The number of hydrogen-bond donors (Lipinski definition) is 2. The van der Waals surface area contributed by atoms with E-state index >= 15 is 0 Å². The normalized spacial score (nSPS) is 11.1. The smallest absolute Gasteiger partial charge is 0.339 e. The minimum absolute atomic E-state index is 0.0731. The van der Waals surface area contributed by atoms with Gasteiger partial charge in [-0.05, 0) is 30.7 Å². The molecule has 0 spiro atoms. The van der Waals surface area contributed by atoms with Gasteiger partial charge in [0.05, 0.1) is 16.8 Å². The van der Waals surface area contributed by atoms with Gasteiger partial charge in [-0.2, -0.15) is 0 Å². The highest BCUT2D eigenvalue weighted by molar-refractivity contribution is 7.92. The van der Waals surface area contributed by atoms with Crippen molar-refractivity contribution in [3.63, 3.8) is 0 Å². The molecule has 29 heavy (non-hydrogen) atoms. The summed E-state index contributed by atoms with van der Waals surface area (Å²) in [5, 5.41) is 9.67. The summed E-state index contributed by atoms with van der Waals surface area (Å²) < 4.78 is 27.4. The van der Waals surface area contributed by atoms with Crippen molar-refractivity contribution in [3.05, 3.63) is 84.1 Å². The number of aromatic carboxylic acids is 1. The van der Waals surface area contributed by atoms with E-state index in [9.17, 15) is 18.3 Å². The summed E-state index contributed by atoms with van der Waals surface area (Å²) >= 11 is 0. The van der Waals surface area contributed by atoms with Crippen LogP contribution in [0.3, 0.4) is 0 Å². The van der Waals surface area contributed by atoms with Crippen LogP contribution in [-0.2, 0) is 16.6 Å². The molecule has 0 radical (unpaired) electrons. The zero-order valence-electron chi connectivity index (χ0n) is 15.8. The van der Waals surface area contributed by atoms with E-state index in [0.29, 0.717) is 13.1 Å². The number of rotatable bonds is 8. The third-order valence-corrected chi connectivity index (χ3v) is 5.70. The van der Waals surface area contributed by atoms with Crippen LogP contribution in [0.5, 0.6) is 0 Å². The second-order valence-electron chi connectivity index (χ2n) is 6.32. The molecule has 0 saturated heterocycles. The summed E-state index contributed by atoms with van der Waals surface area (Å²) in [6, 6.07) is 18.8. The Balaban J connectivity index is 1.91. The quantitative estimate of drug-likeness (QED) is 0.587. The number of nitrogens with zero attached hydrogens (tertiary/aromatic N) is 2. The highest BCUT2D eigenvalue weighted by atomic mass is 32.2. The van der Waals surface area contributed by atoms with Gasteiger partial charge in [0.25, 0.3) is 10.0 Å². The molecule has 1 heterocycles. The molecule has 0 saturated carbocycles. The van der Waals surface area contributed by atoms with Crippen molar-refractivity contribution in [2.45, 2.75) is 18.4 Å². The van der Waals surface area contributed by atoms with Gasteiger partial charge in [0.2, 0.25) is 0 Å². The summed E-state index contributed by atoms with van der Waals surface area (Å²) in [7, 11) is -3.84. The lowest BCUT2D eigenvalue weighted by Gasteiger charge is -2.24. The third-order valence-electron chi connectivity index (χ3n) is 4.30. The van der Waals surface area contributed by atoms with Crippen molar-refractivity contribution < 1.29 is 18.3 Å². The maximum Gasteiger partial charge on any atom is 0.339 e. The number of benzene rings is 2. The molecule has 0 aliphatic heterocycles. The Morgan fingerprint density at radius 3 is 2.28 bits per heavy atom. The Labute approximate surface area is 169 Å². The zero-order chi connectivity index (χ0) is 20.9. The van der Waals surface area contributed by atoms with Gasteiger partial charge < -0.3 is 10.0 Å². The summed E-state index contributed by atoms with van der Waals surface area (Å²) in [5.74, 6) is -0.897. The van der Waals surface area contributed by atoms with Crippen molar-refractivity contribution in [3.8, 4) is 0 Å². The molecule has 0 aliphatic carbocycles. The first kappa shape index (κ1) is 20.3. The van der Waals surface area contributed by atoms with E-state index in [1.807, 2.05) is 42.2 Å². The Bertz CT molecular complexity index is 1090. The van der Waals surface area contributed by atoms with Crippen LogP contribution in [0.15, 0.2) is 77.8 Å². The molecule has 150 valence electrons. The van der Waals surface area contributed by atoms with Crippen LogP contribution in [0.4, 0.5) is 11.5 Å². The van der Waals surface area contributed by atoms with Gasteiger partial charge in [-0.15, -0.1) is 0 Å². The number of hydrogen-bond acceptors (Lipinski definition) is 5. The molecule has 0 aliphatic rings. The molecule has 8 heteroatoms. The first-order chi connectivity index (χ1) is 13.9. The average molecular weight is 411 g/mol. The summed E-state index contributed by atoms with van der Waals surface area (Å²) in [6.45, 7) is 2.93. The number of carboxylic acid groups (broad SMARTS) is 1. The van der Waals surface area contributed by atoms with E-state index in [2.05, 4.69) is 9.71 Å². The fourth-order valence-electron chi connectivity index (χ4n) is 2.88. The zero-order valence-corrected chi connectivity index (χ0v) is 16.6. The standard InChI is InChI=1S/C21H21N3O4S/c1-2-24(15-16-9-5-3-6-10-16)20-19(21(25)26)13-17(14-22-20)23-29(27,28)18-11-7-4-8-12-18/h3-14,23H,2,15H2,1H3,(H,25,26). The number of anilines is 2. The maximum atomic E-state index is 12.5. The Morgan fingerprint density at radius 1 is 1.07 bits per heavy atom. The van der Waals surface area contributed by atoms with Gasteiger partial charge in [-0.1, -0.05) is 48.5 Å². The molecule has 0 unspecified atom stereocenters. The number of pyridine rings is 1. The summed E-state index contributed by atoms with van der Waals surface area (Å²) in [5.41, 5.74) is 1.03. The van der Waals surface area contributed by atoms with Crippen molar-refractivity contribution >= 4 is 27.5 Å². The van der Waals surface area contributed by atoms with Crippen LogP contribution >= 0.6 is 0 Å². The summed E-state index contributed by atoms with van der Waals surface area (Å²) in [6.07, 6.45) is 1.33. The maximum absolute atomic E-state index is 12.5. The molecule has 7 nitrogen and oxygen atoms in total. The molecule has 0 amide bonds. The van der Waals surface area contributed by atoms with Gasteiger partial charge in [-0.3, -0.25) is 4.72 Å². The first-order valence-corrected chi connectivity index (χ1v) is 10.5. The molecule has 2 N–H and O–H groups in total. The van der Waals surface area contributed by atoms with Crippen molar-refractivity contribution in [1.29, 1.82) is 0 Å². The van der Waals surface area contributed by atoms with Crippen LogP contribution in [-0.4, -0.2) is 31.0 Å². The highest BCUT2D eigenvalue weighted by Gasteiger charge is 2.20. The third kappa shape index (κ3) is 4.91. The Hall–Kier alpha value is -3.39. The largest absolute Gasteiger partial charge is 0.478 e. The molecule has 0 bridgehead atoms. The Kier molecular flexibility index (Phi) is 6.13. The fourth-order valence-corrected chi connectivity index (χ4v) is 3.93. The van der Waals surface area contributed by atoms with Gasteiger partial charge in [0.1, 0.15) is 11.4 Å². The molecule has 3 aromatic rings. The number of sulfonamides is 1. The first-order valence-electron chi connectivity index (χ1n) is 9.01. The molecular weight excluding hydrogens is 390 g/mol. The molecule has 0 fully saturated rings. The topological polar surface area (TPSA) is 99.6 Å². The van der Waals surface area contributed by atoms with E-state index in [1.54, 1.807) is 18.2 Å². The van der Waals surface area contributed by atoms with E-state index < -0.39 is 16.0 Å². The van der Waals surface area contributed by atoms with Crippen molar-refractivity contribution in [2.75, 3.05) is 16.2 Å². The van der Waals surface area contributed by atoms with Gasteiger partial charge in [0.15, 0.2) is 0 Å². The van der Waals surface area contributed by atoms with Crippen LogP contribution in [0.2, 0.25) is 0 Å². The van der Waals surface area contributed by atoms with Crippen LogP contribution < -0.4 is 9.62 Å². The van der Waals surface area contributed by atoms with Crippen molar-refractivity contribution in [1.82, 2.24) is 4.98 Å². The SMILES string of the molecule is CCN(Cc1ccccc1)c1ncc(NS(=O)(=O)c2ccccc2)cc1C(=O)O. The molecular formula is C21H21N3O4S. The molecule has 1 aromatic heterocycles. The Morgan fingerprint density at radius 2 is 1.69 bits per heavy atom. The number of carboxylic acids is 1. The predicted molar refractivity (Wildman–Crippen MR) is 112 cm³/mol. The second kappa shape index (κ2) is 8.74.